The predicted octanol–water partition coefficient (Wildman–Crippen LogP) is 4.40. The minimum atomic E-state index is -0.951. The van der Waals surface area contributed by atoms with Crippen molar-refractivity contribution in [1.82, 2.24) is 10.3 Å². The average Bonchev–Trinajstić information content (AvgIpc) is 3.14. The fourth-order valence-electron chi connectivity index (χ4n) is 7.82. The third-order valence-corrected chi connectivity index (χ3v) is 9.96. The number of oxime groups is 1. The molecule has 3 saturated carbocycles. The Balaban J connectivity index is 1.21. The number of nitrogens with zero attached hydrogens (tertiary/aromatic N) is 2. The van der Waals surface area contributed by atoms with E-state index < -0.39 is 5.60 Å². The van der Waals surface area contributed by atoms with Crippen molar-refractivity contribution < 1.29 is 14.7 Å². The molecule has 0 radical (unpaired) electrons. The van der Waals surface area contributed by atoms with Crippen molar-refractivity contribution in [3.05, 3.63) is 41.7 Å². The summed E-state index contributed by atoms with van der Waals surface area (Å²) in [5.74, 6) is 4.33. The molecule has 0 bridgehead atoms. The molecule has 0 aromatic carbocycles. The molecule has 0 aliphatic heterocycles. The standard InChI is InChI=1S/C29H37N3O3/c1-4-29(34)14-11-25-23-8-7-21-16-22(9-12-27(21,2)24(23)10-13-28(25,29)3)32-35-19-26(33)31-18-20-6-5-15-30-17-20/h1,5-6,15-17,23-25,34H,7-14,18-19H2,2-3H3,(H,31,33)/t23-,24+,25+,27-,28+,29+/m0/s1. The van der Waals surface area contributed by atoms with Crippen LogP contribution in [0.4, 0.5) is 0 Å². The fraction of sp³-hybridized carbons (Fsp3) is 0.621. The van der Waals surface area contributed by atoms with Crippen molar-refractivity contribution in [2.45, 2.75) is 77.4 Å². The van der Waals surface area contributed by atoms with E-state index >= 15 is 0 Å². The van der Waals surface area contributed by atoms with Crippen LogP contribution in [0.2, 0.25) is 0 Å². The molecule has 5 rings (SSSR count). The highest BCUT2D eigenvalue weighted by Crippen LogP contribution is 2.67. The molecule has 0 unspecified atom stereocenters. The van der Waals surface area contributed by atoms with Crippen LogP contribution in [-0.4, -0.2) is 33.9 Å². The molecule has 6 nitrogen and oxygen atoms in total. The van der Waals surface area contributed by atoms with Gasteiger partial charge in [0.2, 0.25) is 0 Å². The number of pyridine rings is 1. The molecule has 2 N–H and O–H groups in total. The third kappa shape index (κ3) is 4.08. The molecular formula is C29H37N3O3. The fourth-order valence-corrected chi connectivity index (χ4v) is 7.82. The Hall–Kier alpha value is -2.65. The lowest BCUT2D eigenvalue weighted by atomic mass is 9.46. The minimum absolute atomic E-state index is 0.0900. The van der Waals surface area contributed by atoms with Crippen LogP contribution in [0.25, 0.3) is 0 Å². The van der Waals surface area contributed by atoms with Gasteiger partial charge in [0.1, 0.15) is 5.60 Å². The van der Waals surface area contributed by atoms with E-state index in [9.17, 15) is 9.90 Å². The lowest BCUT2D eigenvalue weighted by Crippen LogP contribution is -2.54. The summed E-state index contributed by atoms with van der Waals surface area (Å²) >= 11 is 0. The Labute approximate surface area is 208 Å². The Bertz CT molecular complexity index is 1080. The normalized spacial score (nSPS) is 39.0. The van der Waals surface area contributed by atoms with Crippen LogP contribution < -0.4 is 5.32 Å². The van der Waals surface area contributed by atoms with Crippen LogP contribution in [0.15, 0.2) is 41.3 Å². The van der Waals surface area contributed by atoms with Gasteiger partial charge in [-0.2, -0.15) is 0 Å². The number of nitrogens with one attached hydrogen (secondary N) is 1. The zero-order chi connectivity index (χ0) is 24.7. The molecule has 1 aromatic heterocycles. The van der Waals surface area contributed by atoms with Gasteiger partial charge in [0.25, 0.3) is 5.91 Å². The highest BCUT2D eigenvalue weighted by atomic mass is 16.6. The Morgan fingerprint density at radius 1 is 1.26 bits per heavy atom. The maximum absolute atomic E-state index is 12.1. The van der Waals surface area contributed by atoms with E-state index in [1.165, 1.54) is 5.57 Å². The van der Waals surface area contributed by atoms with E-state index in [0.717, 1.165) is 62.6 Å². The number of allylic oxidation sites excluding steroid dienone is 2. The molecule has 4 aliphatic rings. The van der Waals surface area contributed by atoms with Crippen LogP contribution in [0.1, 0.15) is 70.8 Å². The van der Waals surface area contributed by atoms with Gasteiger partial charge >= 0.3 is 0 Å². The number of carbonyl (C=O) groups excluding carboxylic acids is 1. The zero-order valence-corrected chi connectivity index (χ0v) is 20.9. The summed E-state index contributed by atoms with van der Waals surface area (Å²) in [6.45, 7) is 5.01. The van der Waals surface area contributed by atoms with Crippen molar-refractivity contribution in [1.29, 1.82) is 0 Å². The summed E-state index contributed by atoms with van der Waals surface area (Å²) in [6, 6.07) is 3.77. The Morgan fingerprint density at radius 2 is 2.09 bits per heavy atom. The maximum atomic E-state index is 12.1. The number of fused-ring (bicyclic) bond motifs is 5. The summed E-state index contributed by atoms with van der Waals surface area (Å²) in [7, 11) is 0. The van der Waals surface area contributed by atoms with E-state index in [0.29, 0.717) is 24.3 Å². The number of rotatable bonds is 5. The molecule has 1 amide bonds. The van der Waals surface area contributed by atoms with Crippen molar-refractivity contribution >= 4 is 11.6 Å². The second-order valence-electron chi connectivity index (χ2n) is 11.5. The van der Waals surface area contributed by atoms with Gasteiger partial charge in [-0.1, -0.05) is 36.6 Å². The van der Waals surface area contributed by atoms with E-state index in [-0.39, 0.29) is 23.3 Å². The first-order valence-electron chi connectivity index (χ1n) is 13.0. The molecule has 1 aromatic rings. The molecule has 0 saturated heterocycles. The molecule has 6 heteroatoms. The van der Waals surface area contributed by atoms with Gasteiger partial charge in [-0.15, -0.1) is 6.42 Å². The van der Waals surface area contributed by atoms with E-state index in [1.54, 1.807) is 12.4 Å². The van der Waals surface area contributed by atoms with Crippen molar-refractivity contribution in [2.75, 3.05) is 6.61 Å². The number of carbonyl (C=O) groups is 1. The first-order chi connectivity index (χ1) is 16.8. The summed E-state index contributed by atoms with van der Waals surface area (Å²) in [5, 5.41) is 18.3. The zero-order valence-electron chi connectivity index (χ0n) is 20.9. The van der Waals surface area contributed by atoms with Crippen LogP contribution in [0.5, 0.6) is 0 Å². The molecule has 6 atom stereocenters. The first kappa shape index (κ1) is 24.1. The largest absolute Gasteiger partial charge is 0.385 e. The van der Waals surface area contributed by atoms with Crippen molar-refractivity contribution in [3.8, 4) is 12.3 Å². The first-order valence-corrected chi connectivity index (χ1v) is 13.0. The van der Waals surface area contributed by atoms with Gasteiger partial charge in [-0.05, 0) is 92.2 Å². The summed E-state index contributed by atoms with van der Waals surface area (Å²) < 4.78 is 0. The van der Waals surface area contributed by atoms with Crippen molar-refractivity contribution in [3.63, 3.8) is 0 Å². The SMILES string of the molecule is C#C[C@@]1(O)CC[C@@H]2[C@H]3CCC4=CC(=NOCC(=O)NCc5cccnc5)CC[C@]4(C)[C@@H]3CC[C@]21C. The van der Waals surface area contributed by atoms with Crippen LogP contribution >= 0.6 is 0 Å². The lowest BCUT2D eigenvalue weighted by molar-refractivity contribution is -0.125. The molecule has 35 heavy (non-hydrogen) atoms. The van der Waals surface area contributed by atoms with Gasteiger partial charge in [0.05, 0.1) is 5.71 Å². The molecule has 186 valence electrons. The second-order valence-corrected chi connectivity index (χ2v) is 11.5. The van der Waals surface area contributed by atoms with Gasteiger partial charge in [0, 0.05) is 24.4 Å². The van der Waals surface area contributed by atoms with Gasteiger partial charge in [-0.3, -0.25) is 9.78 Å². The Kier molecular flexibility index (Phi) is 6.25. The highest BCUT2D eigenvalue weighted by Gasteiger charge is 2.63. The number of aromatic nitrogens is 1. The second kappa shape index (κ2) is 9.09. The smallest absolute Gasteiger partial charge is 0.261 e. The molecule has 1 heterocycles. The van der Waals surface area contributed by atoms with Crippen LogP contribution in [-0.2, 0) is 16.2 Å². The average molecular weight is 476 g/mol. The molecule has 4 aliphatic carbocycles. The van der Waals surface area contributed by atoms with Gasteiger partial charge in [0.15, 0.2) is 6.61 Å². The quantitative estimate of drug-likeness (QED) is 0.488. The minimum Gasteiger partial charge on any atom is -0.385 e. The van der Waals surface area contributed by atoms with E-state index in [4.69, 9.17) is 11.3 Å². The highest BCUT2D eigenvalue weighted by molar-refractivity contribution is 5.96. The maximum Gasteiger partial charge on any atom is 0.261 e. The number of hydrogen-bond donors (Lipinski definition) is 2. The topological polar surface area (TPSA) is 83.8 Å². The van der Waals surface area contributed by atoms with Gasteiger partial charge in [-0.25, -0.2) is 0 Å². The summed E-state index contributed by atoms with van der Waals surface area (Å²) in [4.78, 5) is 21.6. The van der Waals surface area contributed by atoms with Gasteiger partial charge < -0.3 is 15.3 Å². The summed E-state index contributed by atoms with van der Waals surface area (Å²) in [6.07, 6.45) is 19.5. The molecule has 3 fully saturated rings. The van der Waals surface area contributed by atoms with Crippen LogP contribution in [0.3, 0.4) is 0 Å². The number of amides is 1. The number of aliphatic hydroxyl groups is 1. The van der Waals surface area contributed by atoms with E-state index in [2.05, 4.69) is 41.3 Å². The lowest BCUT2D eigenvalue weighted by Gasteiger charge is -2.58. The van der Waals surface area contributed by atoms with E-state index in [1.807, 2.05) is 12.1 Å². The monoisotopic (exact) mass is 475 g/mol. The van der Waals surface area contributed by atoms with Crippen molar-refractivity contribution in [2.24, 2.45) is 33.7 Å². The number of terminal acetylenes is 1. The van der Waals surface area contributed by atoms with Crippen LogP contribution in [0, 0.1) is 40.9 Å². The molecule has 0 spiro atoms. The number of hydrogen-bond acceptors (Lipinski definition) is 5. The summed E-state index contributed by atoms with van der Waals surface area (Å²) in [5.41, 5.74) is 2.41. The molecular weight excluding hydrogens is 438 g/mol. The third-order valence-electron chi connectivity index (χ3n) is 9.96. The predicted molar refractivity (Wildman–Crippen MR) is 135 cm³/mol. The Morgan fingerprint density at radius 3 is 2.86 bits per heavy atom.